The summed E-state index contributed by atoms with van der Waals surface area (Å²) in [5.74, 6) is -1.01. The number of carbonyl (C=O) groups is 2. The van der Waals surface area contributed by atoms with E-state index in [1.165, 1.54) is 0 Å². The third kappa shape index (κ3) is 3.74. The van der Waals surface area contributed by atoms with Crippen molar-refractivity contribution in [1.29, 1.82) is 0 Å². The molecular formula is C16H21NO4. The zero-order valence-electron chi connectivity index (χ0n) is 12.2. The number of hydrogen-bond donors (Lipinski definition) is 2. The van der Waals surface area contributed by atoms with Crippen LogP contribution in [0.25, 0.3) is 0 Å². The molecule has 2 rings (SSSR count). The minimum absolute atomic E-state index is 0.117. The van der Waals surface area contributed by atoms with Gasteiger partial charge in [-0.05, 0) is 18.9 Å². The molecule has 0 spiro atoms. The molecule has 5 heteroatoms. The molecule has 2 unspecified atom stereocenters. The molecule has 21 heavy (non-hydrogen) atoms. The first-order chi connectivity index (χ1) is 10.1. The van der Waals surface area contributed by atoms with Crippen LogP contribution in [0.4, 0.5) is 0 Å². The lowest BCUT2D eigenvalue weighted by molar-refractivity contribution is -0.142. The molecule has 1 aliphatic rings. The van der Waals surface area contributed by atoms with E-state index in [2.05, 4.69) is 5.32 Å². The van der Waals surface area contributed by atoms with Gasteiger partial charge in [0.25, 0.3) is 0 Å². The molecule has 0 fully saturated rings. The van der Waals surface area contributed by atoms with E-state index in [-0.39, 0.29) is 18.4 Å². The van der Waals surface area contributed by atoms with Crippen molar-refractivity contribution in [2.75, 3.05) is 13.2 Å². The Morgan fingerprint density at radius 3 is 2.90 bits per heavy atom. The van der Waals surface area contributed by atoms with E-state index in [1.54, 1.807) is 0 Å². The largest absolute Gasteiger partial charge is 0.493 e. The number of fused-ring (bicyclic) bond motifs is 1. The average Bonchev–Trinajstić information content (AvgIpc) is 2.50. The van der Waals surface area contributed by atoms with Crippen LogP contribution in [0.2, 0.25) is 0 Å². The second-order valence-corrected chi connectivity index (χ2v) is 5.30. The van der Waals surface area contributed by atoms with Crippen molar-refractivity contribution < 1.29 is 19.4 Å². The lowest BCUT2D eigenvalue weighted by atomic mass is 9.92. The van der Waals surface area contributed by atoms with E-state index >= 15 is 0 Å². The van der Waals surface area contributed by atoms with Crippen LogP contribution >= 0.6 is 0 Å². The molecule has 0 bridgehead atoms. The zero-order chi connectivity index (χ0) is 15.2. The van der Waals surface area contributed by atoms with Gasteiger partial charge in [0.1, 0.15) is 5.75 Å². The molecule has 114 valence electrons. The van der Waals surface area contributed by atoms with Gasteiger partial charge in [0.05, 0.1) is 18.4 Å². The maximum Gasteiger partial charge on any atom is 0.308 e. The van der Waals surface area contributed by atoms with Crippen molar-refractivity contribution >= 4 is 11.9 Å². The molecule has 0 radical (unpaired) electrons. The SMILES string of the molecule is CCCC(CNC(=O)C1CCOc2ccccc21)C(=O)O. The minimum atomic E-state index is -0.857. The first kappa shape index (κ1) is 15.4. The summed E-state index contributed by atoms with van der Waals surface area (Å²) in [6.45, 7) is 2.63. The van der Waals surface area contributed by atoms with Crippen LogP contribution in [0.5, 0.6) is 5.75 Å². The number of para-hydroxylation sites is 1. The zero-order valence-corrected chi connectivity index (χ0v) is 12.2. The molecule has 2 atom stereocenters. The molecule has 1 aromatic carbocycles. The van der Waals surface area contributed by atoms with Gasteiger partial charge in [0.15, 0.2) is 0 Å². The van der Waals surface area contributed by atoms with Crippen LogP contribution in [0, 0.1) is 5.92 Å². The van der Waals surface area contributed by atoms with Crippen molar-refractivity contribution in [1.82, 2.24) is 5.32 Å². The van der Waals surface area contributed by atoms with Crippen LogP contribution < -0.4 is 10.1 Å². The normalized spacial score (nSPS) is 18.2. The standard InChI is InChI=1S/C16H21NO4/c1-2-5-11(16(19)20)10-17-15(18)13-8-9-21-14-7-4-3-6-12(13)14/h3-4,6-7,11,13H,2,5,8-10H2,1H3,(H,17,18)(H,19,20). The van der Waals surface area contributed by atoms with E-state index in [0.29, 0.717) is 19.4 Å². The highest BCUT2D eigenvalue weighted by molar-refractivity contribution is 5.85. The number of carboxylic acids is 1. The number of nitrogens with one attached hydrogen (secondary N) is 1. The third-order valence-electron chi connectivity index (χ3n) is 3.78. The Kier molecular flexibility index (Phi) is 5.20. The summed E-state index contributed by atoms with van der Waals surface area (Å²) in [5, 5.41) is 11.9. The lowest BCUT2D eigenvalue weighted by Gasteiger charge is -2.25. The monoisotopic (exact) mass is 291 g/mol. The fraction of sp³-hybridized carbons (Fsp3) is 0.500. The molecule has 1 heterocycles. The Morgan fingerprint density at radius 2 is 2.19 bits per heavy atom. The Bertz CT molecular complexity index is 515. The van der Waals surface area contributed by atoms with Crippen LogP contribution in [0.3, 0.4) is 0 Å². The fourth-order valence-corrected chi connectivity index (χ4v) is 2.62. The fourth-order valence-electron chi connectivity index (χ4n) is 2.62. The van der Waals surface area contributed by atoms with Crippen molar-refractivity contribution in [2.45, 2.75) is 32.1 Å². The van der Waals surface area contributed by atoms with E-state index in [9.17, 15) is 9.59 Å². The second kappa shape index (κ2) is 7.11. The van der Waals surface area contributed by atoms with Gasteiger partial charge in [-0.2, -0.15) is 0 Å². The van der Waals surface area contributed by atoms with E-state index in [0.717, 1.165) is 17.7 Å². The highest BCUT2D eigenvalue weighted by atomic mass is 16.5. The highest BCUT2D eigenvalue weighted by Gasteiger charge is 2.28. The third-order valence-corrected chi connectivity index (χ3v) is 3.78. The van der Waals surface area contributed by atoms with Gasteiger partial charge in [0, 0.05) is 12.1 Å². The van der Waals surface area contributed by atoms with Crippen LogP contribution in [-0.2, 0) is 9.59 Å². The van der Waals surface area contributed by atoms with Crippen molar-refractivity contribution in [3.05, 3.63) is 29.8 Å². The molecular weight excluding hydrogens is 270 g/mol. The molecule has 0 aliphatic carbocycles. The molecule has 2 N–H and O–H groups in total. The summed E-state index contributed by atoms with van der Waals surface area (Å²) in [6, 6.07) is 7.50. The summed E-state index contributed by atoms with van der Waals surface area (Å²) < 4.78 is 5.53. The maximum atomic E-state index is 12.3. The molecule has 0 saturated heterocycles. The summed E-state index contributed by atoms with van der Waals surface area (Å²) >= 11 is 0. The number of carbonyl (C=O) groups excluding carboxylic acids is 1. The minimum Gasteiger partial charge on any atom is -0.493 e. The van der Waals surface area contributed by atoms with Gasteiger partial charge in [-0.1, -0.05) is 31.5 Å². The van der Waals surface area contributed by atoms with Gasteiger partial charge < -0.3 is 15.2 Å². The van der Waals surface area contributed by atoms with Gasteiger partial charge in [-0.3, -0.25) is 9.59 Å². The molecule has 5 nitrogen and oxygen atoms in total. The maximum absolute atomic E-state index is 12.3. The van der Waals surface area contributed by atoms with Crippen LogP contribution in [0.1, 0.15) is 37.7 Å². The van der Waals surface area contributed by atoms with Crippen LogP contribution in [-0.4, -0.2) is 30.1 Å². The topological polar surface area (TPSA) is 75.6 Å². The average molecular weight is 291 g/mol. The van der Waals surface area contributed by atoms with Crippen LogP contribution in [0.15, 0.2) is 24.3 Å². The summed E-state index contributed by atoms with van der Waals surface area (Å²) in [6.07, 6.45) is 1.97. The Labute approximate surface area is 124 Å². The van der Waals surface area contributed by atoms with E-state index in [1.807, 2.05) is 31.2 Å². The van der Waals surface area contributed by atoms with E-state index < -0.39 is 11.9 Å². The number of aliphatic carboxylic acids is 1. The van der Waals surface area contributed by atoms with Crippen molar-refractivity contribution in [3.63, 3.8) is 0 Å². The number of hydrogen-bond acceptors (Lipinski definition) is 3. The first-order valence-electron chi connectivity index (χ1n) is 7.35. The quantitative estimate of drug-likeness (QED) is 0.842. The summed E-state index contributed by atoms with van der Waals surface area (Å²) in [5.41, 5.74) is 0.878. The molecule has 1 amide bonds. The molecule has 0 aromatic heterocycles. The smallest absolute Gasteiger partial charge is 0.308 e. The molecule has 1 aromatic rings. The number of amides is 1. The highest BCUT2D eigenvalue weighted by Crippen LogP contribution is 2.33. The van der Waals surface area contributed by atoms with Gasteiger partial charge in [-0.25, -0.2) is 0 Å². The number of carboxylic acid groups (broad SMARTS) is 1. The predicted molar refractivity (Wildman–Crippen MR) is 78.3 cm³/mol. The van der Waals surface area contributed by atoms with Crippen molar-refractivity contribution in [3.8, 4) is 5.75 Å². The Morgan fingerprint density at radius 1 is 1.43 bits per heavy atom. The van der Waals surface area contributed by atoms with Gasteiger partial charge in [0.2, 0.25) is 5.91 Å². The summed E-state index contributed by atoms with van der Waals surface area (Å²) in [4.78, 5) is 23.4. The van der Waals surface area contributed by atoms with Crippen molar-refractivity contribution in [2.24, 2.45) is 5.92 Å². The Balaban J connectivity index is 2.00. The lowest BCUT2D eigenvalue weighted by Crippen LogP contribution is -2.37. The molecule has 1 aliphatic heterocycles. The van der Waals surface area contributed by atoms with Gasteiger partial charge in [-0.15, -0.1) is 0 Å². The number of benzene rings is 1. The second-order valence-electron chi connectivity index (χ2n) is 5.30. The van der Waals surface area contributed by atoms with E-state index in [4.69, 9.17) is 9.84 Å². The van der Waals surface area contributed by atoms with Gasteiger partial charge >= 0.3 is 5.97 Å². The molecule has 0 saturated carbocycles. The number of rotatable bonds is 6. The summed E-state index contributed by atoms with van der Waals surface area (Å²) in [7, 11) is 0. The first-order valence-corrected chi connectivity index (χ1v) is 7.35. The Hall–Kier alpha value is -2.04. The predicted octanol–water partition coefficient (Wildman–Crippen LogP) is 2.17. The number of ether oxygens (including phenoxy) is 1.